The van der Waals surface area contributed by atoms with Crippen molar-refractivity contribution >= 4 is 22.6 Å². The molecule has 1 aromatic heterocycles. The van der Waals surface area contributed by atoms with E-state index in [1.807, 2.05) is 19.1 Å². The van der Waals surface area contributed by atoms with Crippen LogP contribution >= 0.6 is 11.6 Å². The lowest BCUT2D eigenvalue weighted by molar-refractivity contribution is 0.402. The van der Waals surface area contributed by atoms with Crippen LogP contribution in [-0.2, 0) is 0 Å². The zero-order valence-corrected chi connectivity index (χ0v) is 13.0. The summed E-state index contributed by atoms with van der Waals surface area (Å²) >= 11 is 6.37. The molecule has 1 aliphatic carbocycles. The van der Waals surface area contributed by atoms with Gasteiger partial charge in [-0.1, -0.05) is 13.3 Å². The van der Waals surface area contributed by atoms with Crippen molar-refractivity contribution in [2.45, 2.75) is 44.5 Å². The van der Waals surface area contributed by atoms with E-state index in [4.69, 9.17) is 21.3 Å². The van der Waals surface area contributed by atoms with Crippen LogP contribution in [0.15, 0.2) is 18.2 Å². The number of ether oxygens (including phenoxy) is 1. The molecule has 2 aromatic rings. The summed E-state index contributed by atoms with van der Waals surface area (Å²) in [7, 11) is 1.70. The van der Waals surface area contributed by atoms with Crippen LogP contribution in [0.2, 0.25) is 0 Å². The van der Waals surface area contributed by atoms with Crippen molar-refractivity contribution in [3.8, 4) is 5.75 Å². The highest BCUT2D eigenvalue weighted by Crippen LogP contribution is 2.40. The number of hydrogen-bond donors (Lipinski definition) is 0. The van der Waals surface area contributed by atoms with E-state index in [1.165, 1.54) is 19.3 Å². The topological polar surface area (TPSA) is 27.1 Å². The molecule has 20 heavy (non-hydrogen) atoms. The molecule has 0 spiro atoms. The van der Waals surface area contributed by atoms with Crippen LogP contribution in [0.4, 0.5) is 0 Å². The molecule has 0 bridgehead atoms. The molecule has 0 radical (unpaired) electrons. The minimum Gasteiger partial charge on any atom is -0.497 e. The Morgan fingerprint density at radius 2 is 2.20 bits per heavy atom. The van der Waals surface area contributed by atoms with Gasteiger partial charge in [-0.05, 0) is 37.8 Å². The highest BCUT2D eigenvalue weighted by Gasteiger charge is 2.29. The van der Waals surface area contributed by atoms with Crippen LogP contribution in [0, 0.1) is 5.92 Å². The van der Waals surface area contributed by atoms with Crippen LogP contribution < -0.4 is 4.74 Å². The molecule has 3 unspecified atom stereocenters. The van der Waals surface area contributed by atoms with E-state index in [2.05, 4.69) is 17.6 Å². The van der Waals surface area contributed by atoms with Gasteiger partial charge in [0.25, 0.3) is 0 Å². The molecule has 4 heteroatoms. The molecule has 0 aliphatic heterocycles. The Kier molecular flexibility index (Phi) is 3.63. The van der Waals surface area contributed by atoms with Crippen molar-refractivity contribution in [3.63, 3.8) is 0 Å². The standard InChI is InChI=1S/C16H21ClN2O/c1-10-5-4-6-14(10)19-15-9-12(20-3)7-8-13(15)18-16(19)11(2)17/h7-11,14H,4-6H2,1-3H3. The van der Waals surface area contributed by atoms with Gasteiger partial charge in [0.2, 0.25) is 0 Å². The van der Waals surface area contributed by atoms with E-state index in [0.29, 0.717) is 12.0 Å². The predicted octanol–water partition coefficient (Wildman–Crippen LogP) is 4.71. The molecule has 0 amide bonds. The van der Waals surface area contributed by atoms with Crippen LogP contribution in [0.3, 0.4) is 0 Å². The van der Waals surface area contributed by atoms with E-state index < -0.39 is 0 Å². The molecule has 0 saturated heterocycles. The number of benzene rings is 1. The summed E-state index contributed by atoms with van der Waals surface area (Å²) in [6.45, 7) is 4.32. The molecule has 3 nitrogen and oxygen atoms in total. The summed E-state index contributed by atoms with van der Waals surface area (Å²) in [5, 5.41) is -0.0822. The number of alkyl halides is 1. The third kappa shape index (κ3) is 2.18. The van der Waals surface area contributed by atoms with Gasteiger partial charge in [-0.25, -0.2) is 4.98 Å². The van der Waals surface area contributed by atoms with Crippen molar-refractivity contribution in [2.75, 3.05) is 7.11 Å². The minimum atomic E-state index is -0.0822. The summed E-state index contributed by atoms with van der Waals surface area (Å²) in [5.74, 6) is 2.53. The molecule has 1 heterocycles. The Labute approximate surface area is 124 Å². The lowest BCUT2D eigenvalue weighted by atomic mass is 10.1. The molecular formula is C16H21ClN2O. The SMILES string of the molecule is COc1ccc2nc(C(C)Cl)n(C3CCCC3C)c2c1. The zero-order valence-electron chi connectivity index (χ0n) is 12.3. The summed E-state index contributed by atoms with van der Waals surface area (Å²) in [6.07, 6.45) is 3.77. The van der Waals surface area contributed by atoms with Crippen LogP contribution in [0.25, 0.3) is 11.0 Å². The van der Waals surface area contributed by atoms with Gasteiger partial charge in [0.1, 0.15) is 11.6 Å². The maximum atomic E-state index is 6.37. The molecule has 108 valence electrons. The zero-order chi connectivity index (χ0) is 14.3. The number of methoxy groups -OCH3 is 1. The average Bonchev–Trinajstić information content (AvgIpc) is 3.00. The second kappa shape index (κ2) is 5.28. The summed E-state index contributed by atoms with van der Waals surface area (Å²) in [4.78, 5) is 4.74. The molecule has 1 fully saturated rings. The second-order valence-electron chi connectivity index (χ2n) is 5.79. The van der Waals surface area contributed by atoms with E-state index in [1.54, 1.807) is 7.11 Å². The highest BCUT2D eigenvalue weighted by atomic mass is 35.5. The predicted molar refractivity (Wildman–Crippen MR) is 82.6 cm³/mol. The van der Waals surface area contributed by atoms with Gasteiger partial charge in [-0.2, -0.15) is 0 Å². The Morgan fingerprint density at radius 3 is 2.80 bits per heavy atom. The molecule has 3 atom stereocenters. The Morgan fingerprint density at radius 1 is 1.40 bits per heavy atom. The lowest BCUT2D eigenvalue weighted by Gasteiger charge is -2.22. The fraction of sp³-hybridized carbons (Fsp3) is 0.562. The number of halogens is 1. The first-order chi connectivity index (χ1) is 9.61. The lowest BCUT2D eigenvalue weighted by Crippen LogP contribution is -2.15. The smallest absolute Gasteiger partial charge is 0.127 e. The summed E-state index contributed by atoms with van der Waals surface area (Å²) in [6, 6.07) is 6.56. The molecule has 1 aliphatic rings. The maximum absolute atomic E-state index is 6.37. The van der Waals surface area contributed by atoms with Gasteiger partial charge in [0.05, 0.1) is 23.5 Å². The third-order valence-corrected chi connectivity index (χ3v) is 4.62. The number of nitrogens with zero attached hydrogens (tertiary/aromatic N) is 2. The molecule has 1 saturated carbocycles. The van der Waals surface area contributed by atoms with Crippen molar-refractivity contribution in [2.24, 2.45) is 5.92 Å². The monoisotopic (exact) mass is 292 g/mol. The first-order valence-corrected chi connectivity index (χ1v) is 7.75. The van der Waals surface area contributed by atoms with Crippen LogP contribution in [0.5, 0.6) is 5.75 Å². The highest BCUT2D eigenvalue weighted by molar-refractivity contribution is 6.20. The van der Waals surface area contributed by atoms with E-state index in [-0.39, 0.29) is 5.38 Å². The van der Waals surface area contributed by atoms with Crippen molar-refractivity contribution in [3.05, 3.63) is 24.0 Å². The van der Waals surface area contributed by atoms with Gasteiger partial charge < -0.3 is 9.30 Å². The van der Waals surface area contributed by atoms with Gasteiger partial charge in [0, 0.05) is 12.1 Å². The van der Waals surface area contributed by atoms with Crippen molar-refractivity contribution < 1.29 is 4.74 Å². The molecular weight excluding hydrogens is 272 g/mol. The third-order valence-electron chi connectivity index (χ3n) is 4.43. The number of imidazole rings is 1. The second-order valence-corrected chi connectivity index (χ2v) is 6.44. The fourth-order valence-corrected chi connectivity index (χ4v) is 3.51. The fourth-order valence-electron chi connectivity index (χ4n) is 3.36. The maximum Gasteiger partial charge on any atom is 0.127 e. The number of aromatic nitrogens is 2. The van der Waals surface area contributed by atoms with Gasteiger partial charge in [-0.3, -0.25) is 0 Å². The Balaban J connectivity index is 2.21. The quantitative estimate of drug-likeness (QED) is 0.766. The number of hydrogen-bond acceptors (Lipinski definition) is 2. The molecule has 3 rings (SSSR count). The number of rotatable bonds is 3. The van der Waals surface area contributed by atoms with Crippen LogP contribution in [-0.4, -0.2) is 16.7 Å². The Hall–Kier alpha value is -1.22. The van der Waals surface area contributed by atoms with Gasteiger partial charge in [0.15, 0.2) is 0 Å². The largest absolute Gasteiger partial charge is 0.497 e. The van der Waals surface area contributed by atoms with Gasteiger partial charge in [-0.15, -0.1) is 11.6 Å². The van der Waals surface area contributed by atoms with E-state index >= 15 is 0 Å². The first kappa shape index (κ1) is 13.7. The molecule has 0 N–H and O–H groups in total. The van der Waals surface area contributed by atoms with Crippen LogP contribution in [0.1, 0.15) is 50.4 Å². The van der Waals surface area contributed by atoms with Crippen molar-refractivity contribution in [1.82, 2.24) is 9.55 Å². The summed E-state index contributed by atoms with van der Waals surface area (Å²) < 4.78 is 7.72. The average molecular weight is 293 g/mol. The Bertz CT molecular complexity index is 620. The van der Waals surface area contributed by atoms with E-state index in [9.17, 15) is 0 Å². The van der Waals surface area contributed by atoms with E-state index in [0.717, 1.165) is 22.6 Å². The normalized spacial score (nSPS) is 24.2. The summed E-state index contributed by atoms with van der Waals surface area (Å²) in [5.41, 5.74) is 2.15. The molecule has 1 aromatic carbocycles. The minimum absolute atomic E-state index is 0.0822. The number of fused-ring (bicyclic) bond motifs is 1. The van der Waals surface area contributed by atoms with Gasteiger partial charge >= 0.3 is 0 Å². The van der Waals surface area contributed by atoms with Crippen molar-refractivity contribution in [1.29, 1.82) is 0 Å². The first-order valence-electron chi connectivity index (χ1n) is 7.31.